The Morgan fingerprint density at radius 3 is 1.70 bits per heavy atom. The molecule has 0 radical (unpaired) electrons. The fraction of sp³-hybridized carbons (Fsp3) is 0.594. The van der Waals surface area contributed by atoms with E-state index in [1.165, 1.54) is 6.42 Å². The number of hydrogen-bond donors (Lipinski definition) is 1. The third kappa shape index (κ3) is 29.0. The van der Waals surface area contributed by atoms with Crippen LogP contribution in [0.25, 0.3) is 0 Å². The second-order valence-electron chi connectivity index (χ2n) is 9.26. The van der Waals surface area contributed by atoms with E-state index in [1.807, 2.05) is 21.6 Å². The number of nitrogens with one attached hydrogen (secondary N) is 1. The molecule has 1 N–H and O–H groups in total. The summed E-state index contributed by atoms with van der Waals surface area (Å²) in [5, 5.41) is 3.25. The zero-order valence-corrected chi connectivity index (χ0v) is 25.7. The van der Waals surface area contributed by atoms with Crippen molar-refractivity contribution in [1.82, 2.24) is 10.2 Å². The molecule has 1 amide bonds. The van der Waals surface area contributed by atoms with Crippen molar-refractivity contribution in [3.8, 4) is 0 Å². The van der Waals surface area contributed by atoms with Gasteiger partial charge in [0.1, 0.15) is 0 Å². The first-order valence-corrected chi connectivity index (χ1v) is 16.7. The largest absolute Gasteiger partial charge is 0.351 e. The molecule has 0 aromatic heterocycles. The molecule has 0 bridgehead atoms. The number of unbranched alkanes of at least 4 members (excludes halogenated alkanes) is 2. The summed E-state index contributed by atoms with van der Waals surface area (Å²) in [5.41, 5.74) is 0. The molecular weight excluding hydrogens is 492 g/mol. The van der Waals surface area contributed by atoms with Gasteiger partial charge in [-0.25, -0.2) is 0 Å². The molecule has 37 heavy (non-hydrogen) atoms. The van der Waals surface area contributed by atoms with Gasteiger partial charge in [0.05, 0.1) is 6.04 Å². The number of allylic oxidation sites excluding steroid dienone is 12. The van der Waals surface area contributed by atoms with E-state index < -0.39 is 0 Å². The molecule has 210 valence electrons. The fourth-order valence-corrected chi connectivity index (χ4v) is 5.70. The van der Waals surface area contributed by atoms with Gasteiger partial charge < -0.3 is 10.2 Å². The van der Waals surface area contributed by atoms with Gasteiger partial charge in [0.15, 0.2) is 0 Å². The van der Waals surface area contributed by atoms with Gasteiger partial charge in [0.25, 0.3) is 0 Å². The standard InChI is InChI=1S/C32H54N2OS2/c1-5-7-9-11-13-15-17-19-21-23-25-27-32(35)33-31(29-34(3)4)30-37-36-28-26-24-22-20-18-16-14-12-10-8-6-2/h7-10,13-16,19-22,31H,5-6,11-12,17-18,23-30H2,1-4H3,(H,33,35)/b9-7+,10-8+,15-13+,16-14+,21-19+,22-20+. The predicted molar refractivity (Wildman–Crippen MR) is 172 cm³/mol. The number of carbonyl (C=O) groups is 1. The smallest absolute Gasteiger partial charge is 0.220 e. The number of amides is 1. The summed E-state index contributed by atoms with van der Waals surface area (Å²) in [6.07, 6.45) is 37.7. The Balaban J connectivity index is 3.92. The van der Waals surface area contributed by atoms with E-state index in [-0.39, 0.29) is 11.9 Å². The van der Waals surface area contributed by atoms with Gasteiger partial charge in [-0.05, 0) is 78.3 Å². The first-order chi connectivity index (χ1) is 18.1. The van der Waals surface area contributed by atoms with Crippen LogP contribution in [0, 0.1) is 0 Å². The molecule has 0 aromatic carbocycles. The van der Waals surface area contributed by atoms with E-state index in [4.69, 9.17) is 0 Å². The number of likely N-dealkylation sites (N-methyl/N-ethyl adjacent to an activating group) is 1. The van der Waals surface area contributed by atoms with Crippen LogP contribution in [-0.4, -0.2) is 49.0 Å². The minimum atomic E-state index is 0.175. The summed E-state index contributed by atoms with van der Waals surface area (Å²) in [6.45, 7) is 5.19. The zero-order valence-electron chi connectivity index (χ0n) is 24.1. The van der Waals surface area contributed by atoms with Crippen molar-refractivity contribution in [3.63, 3.8) is 0 Å². The summed E-state index contributed by atoms with van der Waals surface area (Å²) >= 11 is 0. The van der Waals surface area contributed by atoms with Crippen LogP contribution < -0.4 is 5.32 Å². The van der Waals surface area contributed by atoms with Crippen molar-refractivity contribution in [3.05, 3.63) is 72.9 Å². The second kappa shape index (κ2) is 29.1. The van der Waals surface area contributed by atoms with Crippen molar-refractivity contribution in [1.29, 1.82) is 0 Å². The summed E-state index contributed by atoms with van der Waals surface area (Å²) in [5.74, 6) is 2.27. The van der Waals surface area contributed by atoms with Crippen molar-refractivity contribution in [2.24, 2.45) is 0 Å². The first-order valence-electron chi connectivity index (χ1n) is 14.2. The van der Waals surface area contributed by atoms with Gasteiger partial charge >= 0.3 is 0 Å². The van der Waals surface area contributed by atoms with E-state index in [0.29, 0.717) is 6.42 Å². The molecule has 0 heterocycles. The maximum absolute atomic E-state index is 12.4. The summed E-state index contributed by atoms with van der Waals surface area (Å²) in [6, 6.07) is 0.196. The Kier molecular flexibility index (Phi) is 28.0. The molecule has 0 saturated carbocycles. The molecule has 0 saturated heterocycles. The van der Waals surface area contributed by atoms with Crippen molar-refractivity contribution < 1.29 is 4.79 Å². The first kappa shape index (κ1) is 35.6. The Morgan fingerprint density at radius 1 is 0.703 bits per heavy atom. The van der Waals surface area contributed by atoms with Gasteiger partial charge in [-0.1, -0.05) is 108 Å². The van der Waals surface area contributed by atoms with Gasteiger partial charge in [0.2, 0.25) is 5.91 Å². The number of carbonyl (C=O) groups excluding carboxylic acids is 1. The van der Waals surface area contributed by atoms with Crippen molar-refractivity contribution in [2.75, 3.05) is 32.1 Å². The molecule has 0 aliphatic rings. The molecule has 0 fully saturated rings. The fourth-order valence-electron chi connectivity index (χ4n) is 3.36. The molecule has 0 aliphatic carbocycles. The Morgan fingerprint density at radius 2 is 1.19 bits per heavy atom. The SMILES string of the molecule is CC/C=C/C/C=C/C/C=C/CCCSSCC(CN(C)C)NC(=O)CCC/C=C/C/C=C/C/C=C/CC. The number of hydrogen-bond acceptors (Lipinski definition) is 4. The van der Waals surface area contributed by atoms with Gasteiger partial charge in [-0.3, -0.25) is 4.79 Å². The molecular formula is C32H54N2OS2. The molecule has 1 unspecified atom stereocenters. The zero-order chi connectivity index (χ0) is 27.2. The lowest BCUT2D eigenvalue weighted by molar-refractivity contribution is -0.121. The summed E-state index contributed by atoms with van der Waals surface area (Å²) in [4.78, 5) is 14.6. The van der Waals surface area contributed by atoms with Crippen molar-refractivity contribution >= 4 is 27.5 Å². The van der Waals surface area contributed by atoms with E-state index in [2.05, 4.69) is 111 Å². The van der Waals surface area contributed by atoms with Gasteiger partial charge in [-0.15, -0.1) is 0 Å². The van der Waals surface area contributed by atoms with E-state index in [1.54, 1.807) is 0 Å². The van der Waals surface area contributed by atoms with Crippen LogP contribution in [0.3, 0.4) is 0 Å². The maximum atomic E-state index is 12.4. The average Bonchev–Trinajstić information content (AvgIpc) is 2.87. The topological polar surface area (TPSA) is 32.3 Å². The maximum Gasteiger partial charge on any atom is 0.220 e. The monoisotopic (exact) mass is 546 g/mol. The molecule has 0 aliphatic heterocycles. The Hall–Kier alpha value is -1.43. The van der Waals surface area contributed by atoms with Crippen LogP contribution in [-0.2, 0) is 4.79 Å². The highest BCUT2D eigenvalue weighted by atomic mass is 33.1. The second-order valence-corrected chi connectivity index (χ2v) is 11.9. The highest BCUT2D eigenvalue weighted by molar-refractivity contribution is 8.76. The molecule has 0 aromatic rings. The van der Waals surface area contributed by atoms with E-state index in [0.717, 1.165) is 75.8 Å². The van der Waals surface area contributed by atoms with Gasteiger partial charge in [0, 0.05) is 24.5 Å². The van der Waals surface area contributed by atoms with Crippen LogP contribution in [0.2, 0.25) is 0 Å². The highest BCUT2D eigenvalue weighted by Gasteiger charge is 2.13. The van der Waals surface area contributed by atoms with Crippen LogP contribution in [0.1, 0.15) is 84.5 Å². The van der Waals surface area contributed by atoms with Crippen LogP contribution in [0.4, 0.5) is 0 Å². The van der Waals surface area contributed by atoms with Crippen LogP contribution >= 0.6 is 21.6 Å². The minimum Gasteiger partial charge on any atom is -0.351 e. The number of nitrogens with zero attached hydrogens (tertiary/aromatic N) is 1. The quantitative estimate of drug-likeness (QED) is 0.0743. The van der Waals surface area contributed by atoms with E-state index in [9.17, 15) is 4.79 Å². The predicted octanol–water partition coefficient (Wildman–Crippen LogP) is 9.08. The highest BCUT2D eigenvalue weighted by Crippen LogP contribution is 2.23. The third-order valence-corrected chi connectivity index (χ3v) is 7.81. The minimum absolute atomic E-state index is 0.175. The molecule has 3 nitrogen and oxygen atoms in total. The summed E-state index contributed by atoms with van der Waals surface area (Å²) in [7, 11) is 7.95. The molecule has 1 atom stereocenters. The Bertz CT molecular complexity index is 693. The van der Waals surface area contributed by atoms with Crippen LogP contribution in [0.5, 0.6) is 0 Å². The number of rotatable bonds is 24. The van der Waals surface area contributed by atoms with Crippen LogP contribution in [0.15, 0.2) is 72.9 Å². The molecule has 0 spiro atoms. The molecule has 0 rings (SSSR count). The lowest BCUT2D eigenvalue weighted by atomic mass is 10.2. The third-order valence-electron chi connectivity index (χ3n) is 5.24. The summed E-state index contributed by atoms with van der Waals surface area (Å²) < 4.78 is 0. The lowest BCUT2D eigenvalue weighted by Crippen LogP contribution is -2.43. The van der Waals surface area contributed by atoms with Gasteiger partial charge in [-0.2, -0.15) is 0 Å². The van der Waals surface area contributed by atoms with Crippen molar-refractivity contribution in [2.45, 2.75) is 90.5 Å². The molecule has 5 heteroatoms. The Labute approximate surface area is 237 Å². The normalized spacial score (nSPS) is 13.6. The average molecular weight is 547 g/mol. The lowest BCUT2D eigenvalue weighted by Gasteiger charge is -2.22. The van der Waals surface area contributed by atoms with E-state index >= 15 is 0 Å².